The van der Waals surface area contributed by atoms with E-state index in [4.69, 9.17) is 9.47 Å². The van der Waals surface area contributed by atoms with E-state index in [0.717, 1.165) is 19.6 Å². The second kappa shape index (κ2) is 5.12. The molecule has 2 fully saturated rings. The summed E-state index contributed by atoms with van der Waals surface area (Å²) in [6, 6.07) is 0.0165. The molecule has 2 rings (SSSR count). The molecule has 3 atom stereocenters. The lowest BCUT2D eigenvalue weighted by Gasteiger charge is -2.34. The lowest BCUT2D eigenvalue weighted by molar-refractivity contribution is -0.140. The summed E-state index contributed by atoms with van der Waals surface area (Å²) in [6.07, 6.45) is 0.885. The lowest BCUT2D eigenvalue weighted by Crippen LogP contribution is -2.57. The zero-order chi connectivity index (χ0) is 11.5. The van der Waals surface area contributed by atoms with E-state index in [1.807, 2.05) is 14.0 Å². The number of likely N-dealkylation sites (N-methyl/N-ethyl adjacent to an activating group) is 1. The van der Waals surface area contributed by atoms with Gasteiger partial charge in [-0.15, -0.1) is 0 Å². The average Bonchev–Trinajstić information content (AvgIpc) is 2.81. The first-order chi connectivity index (χ1) is 7.70. The highest BCUT2D eigenvalue weighted by Gasteiger charge is 2.34. The second-order valence-electron chi connectivity index (χ2n) is 4.47. The summed E-state index contributed by atoms with van der Waals surface area (Å²) in [6.45, 7) is 4.78. The Bertz CT molecular complexity index is 254. The van der Waals surface area contributed by atoms with Crippen LogP contribution in [0.2, 0.25) is 0 Å². The highest BCUT2D eigenvalue weighted by Crippen LogP contribution is 2.14. The predicted molar refractivity (Wildman–Crippen MR) is 59.2 cm³/mol. The fourth-order valence-electron chi connectivity index (χ4n) is 2.24. The fraction of sp³-hybridized carbons (Fsp3) is 0.909. The van der Waals surface area contributed by atoms with Crippen molar-refractivity contribution >= 4 is 5.91 Å². The van der Waals surface area contributed by atoms with Gasteiger partial charge >= 0.3 is 0 Å². The summed E-state index contributed by atoms with van der Waals surface area (Å²) in [4.78, 5) is 14.0. The van der Waals surface area contributed by atoms with Crippen LogP contribution < -0.4 is 5.32 Å². The minimum atomic E-state index is -0.209. The maximum absolute atomic E-state index is 12.2. The predicted octanol–water partition coefficient (Wildman–Crippen LogP) is -0.389. The van der Waals surface area contributed by atoms with Gasteiger partial charge < -0.3 is 19.7 Å². The van der Waals surface area contributed by atoms with E-state index in [0.29, 0.717) is 13.2 Å². The first-order valence-electron chi connectivity index (χ1n) is 5.89. The number of hydrogen-bond donors (Lipinski definition) is 1. The number of morpholine rings is 1. The third kappa shape index (κ3) is 2.36. The Kier molecular flexibility index (Phi) is 3.78. The molecule has 2 saturated heterocycles. The van der Waals surface area contributed by atoms with Gasteiger partial charge in [0, 0.05) is 20.2 Å². The van der Waals surface area contributed by atoms with Crippen LogP contribution in [-0.2, 0) is 14.3 Å². The molecule has 0 bridgehead atoms. The topological polar surface area (TPSA) is 50.8 Å². The molecule has 0 spiro atoms. The molecular formula is C11H20N2O3. The van der Waals surface area contributed by atoms with Crippen molar-refractivity contribution in [2.45, 2.75) is 31.5 Å². The monoisotopic (exact) mass is 228 g/mol. The van der Waals surface area contributed by atoms with Gasteiger partial charge in [-0.2, -0.15) is 0 Å². The van der Waals surface area contributed by atoms with Gasteiger partial charge in [0.1, 0.15) is 6.04 Å². The Labute approximate surface area is 96.1 Å². The SMILES string of the molecule is C[C@H]1OCCN[C@@H]1C(=O)N(C)C1CCOC1. The number of amides is 1. The van der Waals surface area contributed by atoms with Gasteiger partial charge in [-0.3, -0.25) is 4.79 Å². The lowest BCUT2D eigenvalue weighted by atomic mass is 10.1. The van der Waals surface area contributed by atoms with Crippen molar-refractivity contribution < 1.29 is 14.3 Å². The summed E-state index contributed by atoms with van der Waals surface area (Å²) >= 11 is 0. The molecule has 0 aliphatic carbocycles. The van der Waals surface area contributed by atoms with Crippen LogP contribution in [0.25, 0.3) is 0 Å². The normalized spacial score (nSPS) is 35.0. The van der Waals surface area contributed by atoms with Crippen LogP contribution in [0.3, 0.4) is 0 Å². The van der Waals surface area contributed by atoms with Gasteiger partial charge in [0.15, 0.2) is 0 Å². The van der Waals surface area contributed by atoms with E-state index in [9.17, 15) is 4.79 Å². The molecule has 1 N–H and O–H groups in total. The maximum Gasteiger partial charge on any atom is 0.242 e. The van der Waals surface area contributed by atoms with Crippen LogP contribution in [0, 0.1) is 0 Å². The molecule has 0 saturated carbocycles. The van der Waals surface area contributed by atoms with Gasteiger partial charge in [-0.05, 0) is 13.3 Å². The zero-order valence-electron chi connectivity index (χ0n) is 9.94. The smallest absolute Gasteiger partial charge is 0.242 e. The Balaban J connectivity index is 1.94. The molecule has 0 aromatic carbocycles. The van der Waals surface area contributed by atoms with Gasteiger partial charge in [-0.25, -0.2) is 0 Å². The van der Waals surface area contributed by atoms with Gasteiger partial charge in [0.25, 0.3) is 0 Å². The van der Waals surface area contributed by atoms with Crippen LogP contribution in [-0.4, -0.2) is 62.4 Å². The number of carbonyl (C=O) groups excluding carboxylic acids is 1. The van der Waals surface area contributed by atoms with Crippen molar-refractivity contribution in [1.82, 2.24) is 10.2 Å². The first-order valence-corrected chi connectivity index (χ1v) is 5.89. The third-order valence-electron chi connectivity index (χ3n) is 3.38. The molecule has 2 aliphatic rings. The minimum Gasteiger partial charge on any atom is -0.379 e. The Morgan fingerprint density at radius 3 is 2.88 bits per heavy atom. The fourth-order valence-corrected chi connectivity index (χ4v) is 2.24. The standard InChI is InChI=1S/C11H20N2O3/c1-8-10(12-4-6-16-8)11(14)13(2)9-3-5-15-7-9/h8-10,12H,3-7H2,1-2H3/t8-,9?,10+/m1/s1. The molecule has 1 unspecified atom stereocenters. The summed E-state index contributed by atoms with van der Waals surface area (Å²) in [7, 11) is 1.85. The van der Waals surface area contributed by atoms with E-state index in [2.05, 4.69) is 5.32 Å². The molecule has 5 heteroatoms. The van der Waals surface area contributed by atoms with Crippen molar-refractivity contribution in [2.75, 3.05) is 33.4 Å². The van der Waals surface area contributed by atoms with Gasteiger partial charge in [0.2, 0.25) is 5.91 Å². The maximum atomic E-state index is 12.2. The molecule has 2 heterocycles. The van der Waals surface area contributed by atoms with Crippen LogP contribution in [0.1, 0.15) is 13.3 Å². The van der Waals surface area contributed by atoms with Crippen molar-refractivity contribution in [3.8, 4) is 0 Å². The molecule has 2 aliphatic heterocycles. The van der Waals surface area contributed by atoms with E-state index in [-0.39, 0.29) is 24.1 Å². The van der Waals surface area contributed by atoms with E-state index < -0.39 is 0 Å². The number of nitrogens with zero attached hydrogens (tertiary/aromatic N) is 1. The van der Waals surface area contributed by atoms with Crippen molar-refractivity contribution in [3.05, 3.63) is 0 Å². The van der Waals surface area contributed by atoms with Gasteiger partial charge in [0.05, 0.1) is 25.4 Å². The third-order valence-corrected chi connectivity index (χ3v) is 3.38. The van der Waals surface area contributed by atoms with Crippen LogP contribution in [0.4, 0.5) is 0 Å². The van der Waals surface area contributed by atoms with Gasteiger partial charge in [-0.1, -0.05) is 0 Å². The highest BCUT2D eigenvalue weighted by molar-refractivity contribution is 5.82. The highest BCUT2D eigenvalue weighted by atomic mass is 16.5. The van der Waals surface area contributed by atoms with E-state index in [1.54, 1.807) is 4.90 Å². The second-order valence-corrected chi connectivity index (χ2v) is 4.47. The molecular weight excluding hydrogens is 208 g/mol. The van der Waals surface area contributed by atoms with E-state index in [1.165, 1.54) is 0 Å². The molecule has 0 aromatic rings. The Morgan fingerprint density at radius 1 is 1.44 bits per heavy atom. The average molecular weight is 228 g/mol. The molecule has 1 amide bonds. The van der Waals surface area contributed by atoms with Crippen LogP contribution >= 0.6 is 0 Å². The summed E-state index contributed by atoms with van der Waals surface area (Å²) < 4.78 is 10.8. The summed E-state index contributed by atoms with van der Waals surface area (Å²) in [5, 5.41) is 3.22. The molecule has 0 radical (unpaired) electrons. The van der Waals surface area contributed by atoms with Crippen molar-refractivity contribution in [2.24, 2.45) is 0 Å². The number of nitrogens with one attached hydrogen (secondary N) is 1. The Morgan fingerprint density at radius 2 is 2.25 bits per heavy atom. The summed E-state index contributed by atoms with van der Waals surface area (Å²) in [5.74, 6) is 0.114. The first kappa shape index (κ1) is 11.8. The van der Waals surface area contributed by atoms with Crippen LogP contribution in [0.5, 0.6) is 0 Å². The van der Waals surface area contributed by atoms with Crippen LogP contribution in [0.15, 0.2) is 0 Å². The number of hydrogen-bond acceptors (Lipinski definition) is 4. The zero-order valence-corrected chi connectivity index (χ0v) is 9.94. The molecule has 0 aromatic heterocycles. The number of rotatable bonds is 2. The minimum absolute atomic E-state index is 0.0500. The molecule has 16 heavy (non-hydrogen) atoms. The molecule has 92 valence electrons. The van der Waals surface area contributed by atoms with Crippen molar-refractivity contribution in [3.63, 3.8) is 0 Å². The molecule has 5 nitrogen and oxygen atoms in total. The summed E-state index contributed by atoms with van der Waals surface area (Å²) in [5.41, 5.74) is 0. The Hall–Kier alpha value is -0.650. The quantitative estimate of drug-likeness (QED) is 0.699. The number of ether oxygens (including phenoxy) is 2. The largest absolute Gasteiger partial charge is 0.379 e. The van der Waals surface area contributed by atoms with Crippen molar-refractivity contribution in [1.29, 1.82) is 0 Å². The number of carbonyl (C=O) groups is 1. The van der Waals surface area contributed by atoms with E-state index >= 15 is 0 Å².